The molecule has 3 nitrogen and oxygen atoms in total. The van der Waals surface area contributed by atoms with Crippen molar-refractivity contribution in [3.05, 3.63) is 35.4 Å². The molecule has 90 valence electrons. The van der Waals surface area contributed by atoms with Gasteiger partial charge in [-0.1, -0.05) is 29.8 Å². The summed E-state index contributed by atoms with van der Waals surface area (Å²) in [7, 11) is -2.16. The largest absolute Gasteiger partial charge is 0.330 e. The Morgan fingerprint density at radius 1 is 1.31 bits per heavy atom. The van der Waals surface area contributed by atoms with E-state index in [-0.39, 0.29) is 0 Å². The molecule has 0 saturated carbocycles. The van der Waals surface area contributed by atoms with E-state index < -0.39 is 9.73 Å². The van der Waals surface area contributed by atoms with Crippen LogP contribution in [0.2, 0.25) is 0 Å². The highest BCUT2D eigenvalue weighted by atomic mass is 32.2. The van der Waals surface area contributed by atoms with Crippen molar-refractivity contribution in [1.29, 1.82) is 0 Å². The van der Waals surface area contributed by atoms with Crippen molar-refractivity contribution in [2.24, 2.45) is 10.1 Å². The second-order valence-electron chi connectivity index (χ2n) is 3.84. The van der Waals surface area contributed by atoms with Crippen molar-refractivity contribution in [2.75, 3.05) is 18.8 Å². The SMILES string of the molecule is CCN=S(=O)(CCN)Cc1ccc(C)cc1. The molecule has 1 aromatic carbocycles. The maximum atomic E-state index is 12.4. The number of nitrogens with two attached hydrogens (primary N) is 1. The van der Waals surface area contributed by atoms with Crippen LogP contribution in [-0.4, -0.2) is 23.1 Å². The van der Waals surface area contributed by atoms with Gasteiger partial charge >= 0.3 is 0 Å². The normalized spacial score (nSPS) is 14.4. The summed E-state index contributed by atoms with van der Waals surface area (Å²) in [5.41, 5.74) is 7.76. The molecule has 0 heterocycles. The van der Waals surface area contributed by atoms with Gasteiger partial charge in [0.05, 0.1) is 15.5 Å². The lowest BCUT2D eigenvalue weighted by atomic mass is 10.2. The lowest BCUT2D eigenvalue weighted by molar-refractivity contribution is 0.674. The molecule has 0 aliphatic carbocycles. The van der Waals surface area contributed by atoms with Crippen LogP contribution in [0.1, 0.15) is 18.1 Å². The molecule has 0 aliphatic heterocycles. The molecule has 0 amide bonds. The van der Waals surface area contributed by atoms with E-state index in [1.807, 2.05) is 38.1 Å². The molecular weight excluding hydrogens is 220 g/mol. The van der Waals surface area contributed by atoms with E-state index >= 15 is 0 Å². The van der Waals surface area contributed by atoms with Gasteiger partial charge in [0.25, 0.3) is 0 Å². The van der Waals surface area contributed by atoms with E-state index in [1.165, 1.54) is 5.56 Å². The van der Waals surface area contributed by atoms with E-state index in [1.54, 1.807) is 0 Å². The van der Waals surface area contributed by atoms with Gasteiger partial charge in [0.15, 0.2) is 0 Å². The predicted octanol–water partition coefficient (Wildman–Crippen LogP) is 1.94. The summed E-state index contributed by atoms with van der Waals surface area (Å²) < 4.78 is 16.6. The molecule has 0 aliphatic rings. The third-order valence-corrected chi connectivity index (χ3v) is 4.70. The van der Waals surface area contributed by atoms with E-state index in [0.29, 0.717) is 24.6 Å². The standard InChI is InChI=1S/C12H20N2OS/c1-3-14-16(15,9-8-13)10-12-6-4-11(2)5-7-12/h4-7H,3,8-10,13H2,1-2H3. The Balaban J connectivity index is 2.88. The average Bonchev–Trinajstić information content (AvgIpc) is 2.22. The molecule has 2 N–H and O–H groups in total. The number of nitrogens with zero attached hydrogens (tertiary/aromatic N) is 1. The Labute approximate surface area is 98.2 Å². The summed E-state index contributed by atoms with van der Waals surface area (Å²) in [4.78, 5) is 0. The Morgan fingerprint density at radius 2 is 1.94 bits per heavy atom. The molecule has 0 spiro atoms. The van der Waals surface area contributed by atoms with Crippen molar-refractivity contribution >= 4 is 9.73 Å². The van der Waals surface area contributed by atoms with E-state index in [2.05, 4.69) is 4.36 Å². The first kappa shape index (κ1) is 13.2. The summed E-state index contributed by atoms with van der Waals surface area (Å²) in [6.07, 6.45) is 0. The van der Waals surface area contributed by atoms with Gasteiger partial charge in [-0.3, -0.25) is 0 Å². The van der Waals surface area contributed by atoms with E-state index in [0.717, 1.165) is 5.56 Å². The topological polar surface area (TPSA) is 55.5 Å². The highest BCUT2D eigenvalue weighted by Gasteiger charge is 2.08. The first-order valence-electron chi connectivity index (χ1n) is 5.53. The predicted molar refractivity (Wildman–Crippen MR) is 69.9 cm³/mol. The minimum Gasteiger partial charge on any atom is -0.330 e. The Hall–Kier alpha value is -0.870. The summed E-state index contributed by atoms with van der Waals surface area (Å²) in [5.74, 6) is 0.993. The van der Waals surface area contributed by atoms with Crippen molar-refractivity contribution in [3.8, 4) is 0 Å². The van der Waals surface area contributed by atoms with Gasteiger partial charge in [0.2, 0.25) is 0 Å². The van der Waals surface area contributed by atoms with E-state index in [9.17, 15) is 4.21 Å². The summed E-state index contributed by atoms with van der Waals surface area (Å²) in [5, 5.41) is 0. The number of aryl methyl sites for hydroxylation is 1. The second-order valence-corrected chi connectivity index (χ2v) is 6.34. The highest BCUT2D eigenvalue weighted by Crippen LogP contribution is 2.10. The minimum absolute atomic E-state index is 0.425. The van der Waals surface area contributed by atoms with Gasteiger partial charge < -0.3 is 5.73 Å². The number of rotatable bonds is 5. The zero-order chi connectivity index (χ0) is 12.0. The third-order valence-electron chi connectivity index (χ3n) is 2.31. The van der Waals surface area contributed by atoms with Crippen molar-refractivity contribution < 1.29 is 4.21 Å². The van der Waals surface area contributed by atoms with Gasteiger partial charge in [-0.05, 0) is 19.4 Å². The first-order chi connectivity index (χ1) is 7.59. The number of hydrogen-bond acceptors (Lipinski definition) is 3. The van der Waals surface area contributed by atoms with Gasteiger partial charge in [0.1, 0.15) is 0 Å². The highest BCUT2D eigenvalue weighted by molar-refractivity contribution is 7.92. The van der Waals surface area contributed by atoms with Crippen LogP contribution in [0, 0.1) is 6.92 Å². The van der Waals surface area contributed by atoms with Crippen LogP contribution in [0.3, 0.4) is 0 Å². The van der Waals surface area contributed by atoms with Crippen LogP contribution in [0.15, 0.2) is 28.6 Å². The van der Waals surface area contributed by atoms with Crippen LogP contribution in [0.5, 0.6) is 0 Å². The van der Waals surface area contributed by atoms with E-state index in [4.69, 9.17) is 5.73 Å². The Kier molecular flexibility index (Phi) is 4.96. The molecule has 0 bridgehead atoms. The molecule has 0 aromatic heterocycles. The smallest absolute Gasteiger partial charge is 0.0568 e. The van der Waals surface area contributed by atoms with Crippen LogP contribution in [0.4, 0.5) is 0 Å². The molecule has 16 heavy (non-hydrogen) atoms. The molecule has 4 heteroatoms. The van der Waals surface area contributed by atoms with Crippen molar-refractivity contribution in [1.82, 2.24) is 0 Å². The third kappa shape index (κ3) is 3.94. The van der Waals surface area contributed by atoms with Gasteiger partial charge in [-0.2, -0.15) is 0 Å². The molecule has 1 atom stereocenters. The molecule has 0 saturated heterocycles. The molecule has 0 radical (unpaired) electrons. The minimum atomic E-state index is -2.16. The number of benzene rings is 1. The number of hydrogen-bond donors (Lipinski definition) is 1. The van der Waals surface area contributed by atoms with Crippen molar-refractivity contribution in [2.45, 2.75) is 19.6 Å². The van der Waals surface area contributed by atoms with Gasteiger partial charge in [-0.25, -0.2) is 8.57 Å². The molecular formula is C12H20N2OS. The van der Waals surface area contributed by atoms with Gasteiger partial charge in [0, 0.05) is 18.8 Å². The summed E-state index contributed by atoms with van der Waals surface area (Å²) >= 11 is 0. The molecule has 1 aromatic rings. The fourth-order valence-electron chi connectivity index (χ4n) is 1.55. The fourth-order valence-corrected chi connectivity index (χ4v) is 3.46. The lowest BCUT2D eigenvalue weighted by Gasteiger charge is -2.09. The monoisotopic (exact) mass is 240 g/mol. The van der Waals surface area contributed by atoms with Crippen LogP contribution in [0.25, 0.3) is 0 Å². The van der Waals surface area contributed by atoms with Crippen LogP contribution >= 0.6 is 0 Å². The maximum Gasteiger partial charge on any atom is 0.0568 e. The Bertz CT molecular complexity index is 431. The molecule has 0 fully saturated rings. The first-order valence-corrected chi connectivity index (χ1v) is 7.39. The maximum absolute atomic E-state index is 12.4. The average molecular weight is 240 g/mol. The molecule has 1 rings (SSSR count). The lowest BCUT2D eigenvalue weighted by Crippen LogP contribution is -2.17. The quantitative estimate of drug-likeness (QED) is 0.855. The molecule has 1 unspecified atom stereocenters. The Morgan fingerprint density at radius 3 is 2.44 bits per heavy atom. The summed E-state index contributed by atoms with van der Waals surface area (Å²) in [6, 6.07) is 8.08. The zero-order valence-electron chi connectivity index (χ0n) is 9.98. The zero-order valence-corrected chi connectivity index (χ0v) is 10.8. The second kappa shape index (κ2) is 6.01. The fraction of sp³-hybridized carbons (Fsp3) is 0.500. The van der Waals surface area contributed by atoms with Crippen LogP contribution in [-0.2, 0) is 15.5 Å². The summed E-state index contributed by atoms with van der Waals surface area (Å²) in [6.45, 7) is 4.96. The van der Waals surface area contributed by atoms with Crippen LogP contribution < -0.4 is 5.73 Å². The van der Waals surface area contributed by atoms with Crippen molar-refractivity contribution in [3.63, 3.8) is 0 Å². The van der Waals surface area contributed by atoms with Gasteiger partial charge in [-0.15, -0.1) is 0 Å².